The molecule has 1 N–H and O–H groups in total. The van der Waals surface area contributed by atoms with Gasteiger partial charge in [0.05, 0.1) is 6.04 Å². The number of H-pyrrole nitrogens is 1. The van der Waals surface area contributed by atoms with E-state index < -0.39 is 10.2 Å². The van der Waals surface area contributed by atoms with E-state index in [0.717, 1.165) is 24.5 Å². The van der Waals surface area contributed by atoms with Crippen molar-refractivity contribution < 1.29 is 8.42 Å². The van der Waals surface area contributed by atoms with E-state index in [0.29, 0.717) is 39.3 Å². The van der Waals surface area contributed by atoms with Crippen LogP contribution >= 0.6 is 0 Å². The van der Waals surface area contributed by atoms with Gasteiger partial charge in [0.15, 0.2) is 5.82 Å². The Kier molecular flexibility index (Phi) is 6.73. The highest BCUT2D eigenvalue weighted by atomic mass is 32.2. The summed E-state index contributed by atoms with van der Waals surface area (Å²) in [4.78, 5) is 6.62. The lowest BCUT2D eigenvalue weighted by molar-refractivity contribution is 0.137. The second-order valence-corrected chi connectivity index (χ2v) is 8.23. The molecule has 0 bridgehead atoms. The summed E-state index contributed by atoms with van der Waals surface area (Å²) in [5, 5.41) is 7.08. The zero-order valence-corrected chi connectivity index (χ0v) is 16.0. The van der Waals surface area contributed by atoms with Crippen LogP contribution in [0.25, 0.3) is 0 Å². The van der Waals surface area contributed by atoms with Gasteiger partial charge in [-0.25, -0.2) is 4.98 Å². The van der Waals surface area contributed by atoms with Crippen LogP contribution in [0.3, 0.4) is 0 Å². The molecule has 138 valence electrons. The molecule has 2 rings (SSSR count). The molecule has 0 spiro atoms. The second-order valence-electron chi connectivity index (χ2n) is 6.30. The molecule has 1 aromatic heterocycles. The number of hydrogen-bond donors (Lipinski definition) is 1. The fraction of sp³-hybridized carbons (Fsp3) is 0.867. The molecule has 2 heterocycles. The molecule has 1 unspecified atom stereocenters. The number of aromatic nitrogens is 3. The maximum absolute atomic E-state index is 12.8. The molecule has 1 atom stereocenters. The van der Waals surface area contributed by atoms with E-state index in [4.69, 9.17) is 0 Å². The SMILES string of the molecule is CCCN(CCC)S(=O)(=O)N1CCN(C(C)c2n[nH]c(C)n2)CC1. The maximum Gasteiger partial charge on any atom is 0.282 e. The highest BCUT2D eigenvalue weighted by Gasteiger charge is 2.33. The molecule has 8 nitrogen and oxygen atoms in total. The van der Waals surface area contributed by atoms with E-state index in [-0.39, 0.29) is 6.04 Å². The van der Waals surface area contributed by atoms with Gasteiger partial charge in [0.2, 0.25) is 0 Å². The number of hydrogen-bond acceptors (Lipinski definition) is 5. The van der Waals surface area contributed by atoms with Crippen LogP contribution in [0.15, 0.2) is 0 Å². The van der Waals surface area contributed by atoms with Gasteiger partial charge in [0, 0.05) is 39.3 Å². The molecule has 1 aliphatic heterocycles. The van der Waals surface area contributed by atoms with Crippen LogP contribution in [-0.2, 0) is 10.2 Å². The summed E-state index contributed by atoms with van der Waals surface area (Å²) in [5.74, 6) is 1.57. The standard InChI is InChI=1S/C15H30N6O2S/c1-5-7-20(8-6-2)24(22,23)21-11-9-19(10-12-21)13(3)15-16-14(4)17-18-15/h13H,5-12H2,1-4H3,(H,16,17,18). The molecule has 0 aromatic carbocycles. The van der Waals surface area contributed by atoms with Crippen LogP contribution in [-0.4, -0.2) is 76.4 Å². The van der Waals surface area contributed by atoms with Crippen molar-refractivity contribution in [1.82, 2.24) is 28.7 Å². The first kappa shape index (κ1) is 19.3. The van der Waals surface area contributed by atoms with Crippen molar-refractivity contribution in [3.8, 4) is 0 Å². The van der Waals surface area contributed by atoms with Crippen LogP contribution in [0.5, 0.6) is 0 Å². The first-order valence-electron chi connectivity index (χ1n) is 8.78. The van der Waals surface area contributed by atoms with E-state index in [2.05, 4.69) is 27.0 Å². The van der Waals surface area contributed by atoms with Gasteiger partial charge in [-0.2, -0.15) is 22.1 Å². The number of nitrogens with one attached hydrogen (secondary N) is 1. The van der Waals surface area contributed by atoms with E-state index >= 15 is 0 Å². The lowest BCUT2D eigenvalue weighted by atomic mass is 10.2. The lowest BCUT2D eigenvalue weighted by Gasteiger charge is -2.38. The summed E-state index contributed by atoms with van der Waals surface area (Å²) < 4.78 is 28.9. The smallest absolute Gasteiger partial charge is 0.282 e. The van der Waals surface area contributed by atoms with Gasteiger partial charge < -0.3 is 0 Å². The van der Waals surface area contributed by atoms with Crippen LogP contribution in [0.1, 0.15) is 51.3 Å². The molecule has 24 heavy (non-hydrogen) atoms. The number of aryl methyl sites for hydroxylation is 1. The quantitative estimate of drug-likeness (QED) is 0.754. The van der Waals surface area contributed by atoms with E-state index in [9.17, 15) is 8.42 Å². The molecular formula is C15H30N6O2S. The normalized spacial score (nSPS) is 19.0. The van der Waals surface area contributed by atoms with Gasteiger partial charge in [-0.3, -0.25) is 10.00 Å². The highest BCUT2D eigenvalue weighted by molar-refractivity contribution is 7.86. The van der Waals surface area contributed by atoms with Crippen LogP contribution < -0.4 is 0 Å². The summed E-state index contributed by atoms with van der Waals surface area (Å²) in [6.45, 7) is 11.6. The van der Waals surface area contributed by atoms with Crippen molar-refractivity contribution in [2.75, 3.05) is 39.3 Å². The van der Waals surface area contributed by atoms with Crippen LogP contribution in [0.4, 0.5) is 0 Å². The third kappa shape index (κ3) is 4.33. The van der Waals surface area contributed by atoms with Crippen molar-refractivity contribution in [2.24, 2.45) is 0 Å². The molecule has 1 saturated heterocycles. The van der Waals surface area contributed by atoms with E-state index in [1.807, 2.05) is 20.8 Å². The fourth-order valence-corrected chi connectivity index (χ4v) is 4.81. The average Bonchev–Trinajstić information content (AvgIpc) is 3.00. The Hall–Kier alpha value is -1.03. The zero-order valence-electron chi connectivity index (χ0n) is 15.2. The Morgan fingerprint density at radius 1 is 1.17 bits per heavy atom. The number of nitrogens with zero attached hydrogens (tertiary/aromatic N) is 5. The first-order valence-corrected chi connectivity index (χ1v) is 10.2. The Labute approximate surface area is 145 Å². The average molecular weight is 359 g/mol. The Balaban J connectivity index is 1.98. The minimum absolute atomic E-state index is 0.0854. The number of aromatic amines is 1. The monoisotopic (exact) mass is 358 g/mol. The third-order valence-electron chi connectivity index (χ3n) is 4.41. The van der Waals surface area contributed by atoms with Crippen molar-refractivity contribution in [2.45, 2.75) is 46.6 Å². The minimum Gasteiger partial charge on any atom is -0.291 e. The van der Waals surface area contributed by atoms with Gasteiger partial charge >= 0.3 is 0 Å². The third-order valence-corrected chi connectivity index (χ3v) is 6.44. The summed E-state index contributed by atoms with van der Waals surface area (Å²) in [7, 11) is -3.36. The topological polar surface area (TPSA) is 85.4 Å². The van der Waals surface area contributed by atoms with Crippen molar-refractivity contribution in [3.05, 3.63) is 11.6 Å². The maximum atomic E-state index is 12.8. The Morgan fingerprint density at radius 3 is 2.21 bits per heavy atom. The van der Waals surface area contributed by atoms with Gasteiger partial charge in [0.1, 0.15) is 5.82 Å². The molecule has 0 saturated carbocycles. The predicted octanol–water partition coefficient (Wildman–Crippen LogP) is 1.16. The zero-order chi connectivity index (χ0) is 17.7. The van der Waals surface area contributed by atoms with Crippen molar-refractivity contribution >= 4 is 10.2 Å². The second kappa shape index (κ2) is 8.37. The summed E-state index contributed by atoms with van der Waals surface area (Å²) in [6, 6.07) is 0.0854. The summed E-state index contributed by atoms with van der Waals surface area (Å²) >= 11 is 0. The Bertz CT molecular complexity index is 603. The number of rotatable bonds is 8. The van der Waals surface area contributed by atoms with Gasteiger partial charge in [0.25, 0.3) is 10.2 Å². The first-order chi connectivity index (χ1) is 11.4. The molecule has 1 fully saturated rings. The van der Waals surface area contributed by atoms with Crippen molar-refractivity contribution in [3.63, 3.8) is 0 Å². The van der Waals surface area contributed by atoms with Crippen molar-refractivity contribution in [1.29, 1.82) is 0 Å². The largest absolute Gasteiger partial charge is 0.291 e. The minimum atomic E-state index is -3.36. The Morgan fingerprint density at radius 2 is 1.75 bits per heavy atom. The summed E-state index contributed by atoms with van der Waals surface area (Å²) in [6.07, 6.45) is 1.67. The molecule has 1 aromatic rings. The summed E-state index contributed by atoms with van der Waals surface area (Å²) in [5.41, 5.74) is 0. The molecule has 9 heteroatoms. The fourth-order valence-electron chi connectivity index (χ4n) is 3.04. The van der Waals surface area contributed by atoms with Gasteiger partial charge in [-0.1, -0.05) is 13.8 Å². The predicted molar refractivity (Wildman–Crippen MR) is 93.8 cm³/mol. The lowest BCUT2D eigenvalue weighted by Crippen LogP contribution is -2.53. The van der Waals surface area contributed by atoms with E-state index in [1.165, 1.54) is 0 Å². The molecule has 0 aliphatic carbocycles. The number of piperazine rings is 1. The highest BCUT2D eigenvalue weighted by Crippen LogP contribution is 2.20. The van der Waals surface area contributed by atoms with E-state index in [1.54, 1.807) is 8.61 Å². The molecule has 1 aliphatic rings. The van der Waals surface area contributed by atoms with Gasteiger partial charge in [-0.05, 0) is 26.7 Å². The molecule has 0 radical (unpaired) electrons. The van der Waals surface area contributed by atoms with Crippen LogP contribution in [0, 0.1) is 6.92 Å². The molecule has 0 amide bonds. The van der Waals surface area contributed by atoms with Crippen LogP contribution in [0.2, 0.25) is 0 Å². The molecular weight excluding hydrogens is 328 g/mol. The van der Waals surface area contributed by atoms with Gasteiger partial charge in [-0.15, -0.1) is 0 Å².